The second-order valence-corrected chi connectivity index (χ2v) is 4.32. The SMILES string of the molecule is O=C(O)N1CCOCC1c1ccc([N+](=O)[O-])cc1[N+](=O)[O-]. The van der Waals surface area contributed by atoms with E-state index in [1.165, 1.54) is 6.07 Å². The van der Waals surface area contributed by atoms with Gasteiger partial charge in [0.05, 0.1) is 40.7 Å². The molecule has 1 aliphatic heterocycles. The van der Waals surface area contributed by atoms with E-state index in [1.54, 1.807) is 0 Å². The van der Waals surface area contributed by atoms with Crippen molar-refractivity contribution >= 4 is 17.5 Å². The summed E-state index contributed by atoms with van der Waals surface area (Å²) in [5, 5.41) is 30.9. The lowest BCUT2D eigenvalue weighted by atomic mass is 10.0. The van der Waals surface area contributed by atoms with Crippen LogP contribution in [0.1, 0.15) is 11.6 Å². The molecule has 1 aromatic rings. The van der Waals surface area contributed by atoms with Crippen LogP contribution < -0.4 is 0 Å². The zero-order valence-electron chi connectivity index (χ0n) is 10.7. The Morgan fingerprint density at radius 3 is 2.62 bits per heavy atom. The summed E-state index contributed by atoms with van der Waals surface area (Å²) in [6.07, 6.45) is -1.23. The van der Waals surface area contributed by atoms with Gasteiger partial charge in [0.25, 0.3) is 11.4 Å². The summed E-state index contributed by atoms with van der Waals surface area (Å²) in [6, 6.07) is 2.27. The normalized spacial score (nSPS) is 18.3. The first kappa shape index (κ1) is 14.7. The molecular weight excluding hydrogens is 286 g/mol. The molecule has 21 heavy (non-hydrogen) atoms. The van der Waals surface area contributed by atoms with Gasteiger partial charge >= 0.3 is 6.09 Å². The minimum atomic E-state index is -1.23. The Kier molecular flexibility index (Phi) is 3.98. The standard InChI is InChI=1S/C11H11N3O7/c15-11(16)12-3-4-21-6-10(12)8-2-1-7(13(17)18)5-9(8)14(19)20/h1-2,5,10H,3-4,6H2,(H,15,16). The Morgan fingerprint density at radius 2 is 2.05 bits per heavy atom. The molecule has 0 radical (unpaired) electrons. The van der Waals surface area contributed by atoms with Crippen molar-refractivity contribution in [2.75, 3.05) is 19.8 Å². The number of benzene rings is 1. The summed E-state index contributed by atoms with van der Waals surface area (Å²) in [5.74, 6) is 0. The fraction of sp³-hybridized carbons (Fsp3) is 0.364. The Labute approximate surface area is 117 Å². The predicted octanol–water partition coefficient (Wildman–Crippen LogP) is 1.55. The fourth-order valence-electron chi connectivity index (χ4n) is 2.18. The number of carbonyl (C=O) groups is 1. The molecule has 1 atom stereocenters. The molecular formula is C11H11N3O7. The van der Waals surface area contributed by atoms with Gasteiger partial charge in [-0.3, -0.25) is 25.1 Å². The van der Waals surface area contributed by atoms with E-state index >= 15 is 0 Å². The van der Waals surface area contributed by atoms with Crippen molar-refractivity contribution in [2.45, 2.75) is 6.04 Å². The van der Waals surface area contributed by atoms with Crippen molar-refractivity contribution in [3.8, 4) is 0 Å². The average Bonchev–Trinajstić information content (AvgIpc) is 2.46. The van der Waals surface area contributed by atoms with Crippen LogP contribution in [0.15, 0.2) is 18.2 Å². The number of morpholine rings is 1. The molecule has 0 aliphatic carbocycles. The van der Waals surface area contributed by atoms with E-state index in [1.807, 2.05) is 0 Å². The Morgan fingerprint density at radius 1 is 1.33 bits per heavy atom. The topological polar surface area (TPSA) is 136 Å². The third-order valence-corrected chi connectivity index (χ3v) is 3.15. The van der Waals surface area contributed by atoms with Gasteiger partial charge in [0.1, 0.15) is 0 Å². The van der Waals surface area contributed by atoms with Crippen LogP contribution in [0.4, 0.5) is 16.2 Å². The highest BCUT2D eigenvalue weighted by atomic mass is 16.6. The molecule has 112 valence electrons. The van der Waals surface area contributed by atoms with Crippen LogP contribution in [-0.2, 0) is 4.74 Å². The molecule has 0 spiro atoms. The van der Waals surface area contributed by atoms with Crippen LogP contribution >= 0.6 is 0 Å². The van der Waals surface area contributed by atoms with E-state index < -0.39 is 33.4 Å². The van der Waals surface area contributed by atoms with Crippen molar-refractivity contribution in [1.82, 2.24) is 4.90 Å². The van der Waals surface area contributed by atoms with Gasteiger partial charge in [0, 0.05) is 12.6 Å². The number of carboxylic acid groups (broad SMARTS) is 1. The first-order chi connectivity index (χ1) is 9.91. The number of amides is 1. The number of nitrogens with zero attached hydrogens (tertiary/aromatic N) is 3. The number of hydrogen-bond donors (Lipinski definition) is 1. The minimum absolute atomic E-state index is 0.0368. The van der Waals surface area contributed by atoms with Crippen molar-refractivity contribution < 1.29 is 24.5 Å². The Balaban J connectivity index is 2.48. The molecule has 1 unspecified atom stereocenters. The summed E-state index contributed by atoms with van der Waals surface area (Å²) in [6.45, 7) is 0.239. The second kappa shape index (κ2) is 5.71. The number of nitro benzene ring substituents is 2. The van der Waals surface area contributed by atoms with Crippen LogP contribution in [0, 0.1) is 20.2 Å². The van der Waals surface area contributed by atoms with Gasteiger partial charge in [0.15, 0.2) is 0 Å². The number of hydrogen-bond acceptors (Lipinski definition) is 6. The zero-order chi connectivity index (χ0) is 15.6. The molecule has 0 bridgehead atoms. The first-order valence-corrected chi connectivity index (χ1v) is 5.92. The molecule has 1 N–H and O–H groups in total. The monoisotopic (exact) mass is 297 g/mol. The van der Waals surface area contributed by atoms with Gasteiger partial charge in [0.2, 0.25) is 0 Å². The lowest BCUT2D eigenvalue weighted by molar-refractivity contribution is -0.394. The maximum Gasteiger partial charge on any atom is 0.407 e. The summed E-state index contributed by atoms with van der Waals surface area (Å²) in [4.78, 5) is 32.5. The van der Waals surface area contributed by atoms with E-state index in [0.717, 1.165) is 17.0 Å². The van der Waals surface area contributed by atoms with E-state index in [4.69, 9.17) is 9.84 Å². The third-order valence-electron chi connectivity index (χ3n) is 3.15. The summed E-state index contributed by atoms with van der Waals surface area (Å²) < 4.78 is 5.17. The Bertz CT molecular complexity index is 603. The molecule has 1 aromatic carbocycles. The fourth-order valence-corrected chi connectivity index (χ4v) is 2.18. The van der Waals surface area contributed by atoms with Crippen molar-refractivity contribution in [3.63, 3.8) is 0 Å². The van der Waals surface area contributed by atoms with E-state index in [9.17, 15) is 25.0 Å². The zero-order valence-corrected chi connectivity index (χ0v) is 10.7. The molecule has 10 heteroatoms. The number of non-ortho nitro benzene ring substituents is 1. The van der Waals surface area contributed by atoms with Crippen LogP contribution in [0.5, 0.6) is 0 Å². The largest absolute Gasteiger partial charge is 0.465 e. The van der Waals surface area contributed by atoms with Gasteiger partial charge in [-0.2, -0.15) is 0 Å². The highest BCUT2D eigenvalue weighted by Gasteiger charge is 2.34. The number of rotatable bonds is 3. The lowest BCUT2D eigenvalue weighted by Gasteiger charge is -2.33. The van der Waals surface area contributed by atoms with Gasteiger partial charge in [-0.15, -0.1) is 0 Å². The quantitative estimate of drug-likeness (QED) is 0.660. The van der Waals surface area contributed by atoms with Crippen molar-refractivity contribution in [3.05, 3.63) is 44.0 Å². The van der Waals surface area contributed by atoms with Crippen LogP contribution in [-0.4, -0.2) is 45.7 Å². The van der Waals surface area contributed by atoms with Gasteiger partial charge in [-0.25, -0.2) is 4.79 Å². The molecule has 2 rings (SSSR count). The van der Waals surface area contributed by atoms with E-state index in [0.29, 0.717) is 0 Å². The maximum atomic E-state index is 11.2. The second-order valence-electron chi connectivity index (χ2n) is 4.32. The van der Waals surface area contributed by atoms with Crippen LogP contribution in [0.2, 0.25) is 0 Å². The molecule has 1 amide bonds. The van der Waals surface area contributed by atoms with Crippen molar-refractivity contribution in [2.24, 2.45) is 0 Å². The highest BCUT2D eigenvalue weighted by molar-refractivity contribution is 5.66. The average molecular weight is 297 g/mol. The molecule has 1 aliphatic rings. The molecule has 1 heterocycles. The van der Waals surface area contributed by atoms with Gasteiger partial charge < -0.3 is 9.84 Å². The van der Waals surface area contributed by atoms with Crippen LogP contribution in [0.25, 0.3) is 0 Å². The smallest absolute Gasteiger partial charge is 0.407 e. The summed E-state index contributed by atoms with van der Waals surface area (Å²) in [5.41, 5.74) is -0.845. The molecule has 10 nitrogen and oxygen atoms in total. The molecule has 1 saturated heterocycles. The predicted molar refractivity (Wildman–Crippen MR) is 68.0 cm³/mol. The Hall–Kier alpha value is -2.75. The molecule has 1 fully saturated rings. The minimum Gasteiger partial charge on any atom is -0.465 e. The van der Waals surface area contributed by atoms with Crippen LogP contribution in [0.3, 0.4) is 0 Å². The summed E-state index contributed by atoms with van der Waals surface area (Å²) >= 11 is 0. The molecule has 0 aromatic heterocycles. The third kappa shape index (κ3) is 2.89. The van der Waals surface area contributed by atoms with Gasteiger partial charge in [-0.1, -0.05) is 0 Å². The number of ether oxygens (including phenoxy) is 1. The maximum absolute atomic E-state index is 11.2. The highest BCUT2D eigenvalue weighted by Crippen LogP contribution is 2.33. The number of nitro groups is 2. The summed E-state index contributed by atoms with van der Waals surface area (Å²) in [7, 11) is 0. The lowest BCUT2D eigenvalue weighted by Crippen LogP contribution is -2.42. The van der Waals surface area contributed by atoms with Crippen molar-refractivity contribution in [1.29, 1.82) is 0 Å². The van der Waals surface area contributed by atoms with E-state index in [2.05, 4.69) is 0 Å². The van der Waals surface area contributed by atoms with Gasteiger partial charge in [-0.05, 0) is 6.07 Å². The first-order valence-electron chi connectivity index (χ1n) is 5.92. The van der Waals surface area contributed by atoms with E-state index in [-0.39, 0.29) is 25.3 Å². The molecule has 0 saturated carbocycles.